The summed E-state index contributed by atoms with van der Waals surface area (Å²) in [5.74, 6) is 0.656. The molecule has 1 aromatic rings. The summed E-state index contributed by atoms with van der Waals surface area (Å²) < 4.78 is 6.05. The molecule has 3 heteroatoms. The first kappa shape index (κ1) is 13.1. The molecule has 1 aliphatic heterocycles. The number of hydrogen-bond donors (Lipinski definition) is 1. The third kappa shape index (κ3) is 2.67. The van der Waals surface area contributed by atoms with Gasteiger partial charge >= 0.3 is 0 Å². The van der Waals surface area contributed by atoms with Crippen molar-refractivity contribution in [2.75, 3.05) is 13.2 Å². The highest BCUT2D eigenvalue weighted by atomic mass is 16.5. The van der Waals surface area contributed by atoms with Gasteiger partial charge in [-0.1, -0.05) is 13.0 Å². The Bertz CT molecular complexity index is 402. The second-order valence-electron chi connectivity index (χ2n) is 5.93. The fourth-order valence-electron chi connectivity index (χ4n) is 3.56. The molecule has 2 unspecified atom stereocenters. The summed E-state index contributed by atoms with van der Waals surface area (Å²) in [6, 6.07) is 6.61. The van der Waals surface area contributed by atoms with Crippen molar-refractivity contribution in [3.05, 3.63) is 30.1 Å². The van der Waals surface area contributed by atoms with Gasteiger partial charge in [-0.25, -0.2) is 0 Å². The summed E-state index contributed by atoms with van der Waals surface area (Å²) in [4.78, 5) is 4.56. The van der Waals surface area contributed by atoms with Gasteiger partial charge in [0.2, 0.25) is 0 Å². The predicted octanol–water partition coefficient (Wildman–Crippen LogP) is 3.08. The predicted molar refractivity (Wildman–Crippen MR) is 75.9 cm³/mol. The number of pyridine rings is 1. The first-order valence-corrected chi connectivity index (χ1v) is 7.61. The number of nitrogens with one attached hydrogen (secondary N) is 1. The number of aromatic nitrogens is 1. The van der Waals surface area contributed by atoms with Crippen LogP contribution in [0.2, 0.25) is 0 Å². The number of rotatable bonds is 4. The minimum absolute atomic E-state index is 0.214. The summed E-state index contributed by atoms with van der Waals surface area (Å²) >= 11 is 0. The van der Waals surface area contributed by atoms with Gasteiger partial charge in [-0.05, 0) is 56.7 Å². The molecule has 3 rings (SSSR count). The molecule has 0 amide bonds. The van der Waals surface area contributed by atoms with E-state index in [0.29, 0.717) is 12.0 Å². The Hall–Kier alpha value is -0.930. The Morgan fingerprint density at radius 3 is 3.00 bits per heavy atom. The van der Waals surface area contributed by atoms with Gasteiger partial charge in [-0.3, -0.25) is 4.98 Å². The van der Waals surface area contributed by atoms with Crippen LogP contribution in [0.3, 0.4) is 0 Å². The molecule has 0 radical (unpaired) electrons. The maximum absolute atomic E-state index is 6.05. The average Bonchev–Trinajstić information content (AvgIpc) is 2.44. The van der Waals surface area contributed by atoms with Crippen molar-refractivity contribution in [3.8, 4) is 0 Å². The van der Waals surface area contributed by atoms with Gasteiger partial charge in [0.05, 0.1) is 17.3 Å². The molecule has 0 aromatic carbocycles. The molecular weight excluding hydrogens is 236 g/mol. The van der Waals surface area contributed by atoms with Crippen LogP contribution in [0.25, 0.3) is 0 Å². The average molecular weight is 260 g/mol. The summed E-state index contributed by atoms with van der Waals surface area (Å²) in [7, 11) is 0. The molecule has 2 atom stereocenters. The van der Waals surface area contributed by atoms with Crippen molar-refractivity contribution in [1.82, 2.24) is 10.3 Å². The minimum atomic E-state index is 0.214. The van der Waals surface area contributed by atoms with Gasteiger partial charge in [-0.2, -0.15) is 0 Å². The minimum Gasteiger partial charge on any atom is -0.375 e. The van der Waals surface area contributed by atoms with Gasteiger partial charge in [0.15, 0.2) is 0 Å². The van der Waals surface area contributed by atoms with Crippen LogP contribution in [0.15, 0.2) is 24.4 Å². The Morgan fingerprint density at radius 1 is 1.47 bits per heavy atom. The fourth-order valence-corrected chi connectivity index (χ4v) is 3.56. The van der Waals surface area contributed by atoms with Crippen LogP contribution in [0.1, 0.15) is 50.8 Å². The number of nitrogens with zero attached hydrogens (tertiary/aromatic N) is 1. The fraction of sp³-hybridized carbons (Fsp3) is 0.688. The monoisotopic (exact) mass is 260 g/mol. The molecule has 104 valence electrons. The first-order chi connectivity index (χ1) is 9.33. The molecule has 1 saturated carbocycles. The second kappa shape index (κ2) is 5.59. The lowest BCUT2D eigenvalue weighted by atomic mass is 9.70. The highest BCUT2D eigenvalue weighted by molar-refractivity contribution is 5.11. The topological polar surface area (TPSA) is 34.2 Å². The largest absolute Gasteiger partial charge is 0.375 e. The van der Waals surface area contributed by atoms with Gasteiger partial charge in [0.25, 0.3) is 0 Å². The normalized spacial score (nSPS) is 26.9. The summed E-state index contributed by atoms with van der Waals surface area (Å²) in [5.41, 5.74) is 1.40. The van der Waals surface area contributed by atoms with E-state index in [9.17, 15) is 0 Å². The van der Waals surface area contributed by atoms with Crippen LogP contribution in [0, 0.1) is 5.92 Å². The van der Waals surface area contributed by atoms with Crippen LogP contribution in [0.4, 0.5) is 0 Å². The smallest absolute Gasteiger partial charge is 0.0686 e. The van der Waals surface area contributed by atoms with Crippen LogP contribution in [-0.4, -0.2) is 23.7 Å². The van der Waals surface area contributed by atoms with Crippen molar-refractivity contribution >= 4 is 0 Å². The van der Waals surface area contributed by atoms with E-state index >= 15 is 0 Å². The Labute approximate surface area is 115 Å². The van der Waals surface area contributed by atoms with Gasteiger partial charge < -0.3 is 10.1 Å². The Balaban J connectivity index is 1.76. The highest BCUT2D eigenvalue weighted by Crippen LogP contribution is 2.46. The molecule has 19 heavy (non-hydrogen) atoms. The van der Waals surface area contributed by atoms with Crippen molar-refractivity contribution in [3.63, 3.8) is 0 Å². The molecule has 2 fully saturated rings. The third-order valence-electron chi connectivity index (χ3n) is 4.70. The van der Waals surface area contributed by atoms with Crippen molar-refractivity contribution in [2.24, 2.45) is 5.92 Å². The van der Waals surface area contributed by atoms with Gasteiger partial charge in [0, 0.05) is 12.8 Å². The van der Waals surface area contributed by atoms with Crippen LogP contribution < -0.4 is 5.32 Å². The molecule has 1 saturated heterocycles. The maximum atomic E-state index is 6.05. The SMILES string of the molecule is CCNC(c1ccccn1)C1CCOC2(CCC2)C1. The molecule has 2 heterocycles. The zero-order chi connectivity index (χ0) is 13.1. The molecule has 2 aliphatic rings. The van der Waals surface area contributed by atoms with Gasteiger partial charge in [0.1, 0.15) is 0 Å². The summed E-state index contributed by atoms with van der Waals surface area (Å²) in [6.45, 7) is 4.08. The van der Waals surface area contributed by atoms with E-state index in [2.05, 4.69) is 29.4 Å². The van der Waals surface area contributed by atoms with E-state index in [0.717, 1.165) is 19.6 Å². The van der Waals surface area contributed by atoms with E-state index in [1.807, 2.05) is 12.3 Å². The van der Waals surface area contributed by atoms with E-state index in [4.69, 9.17) is 4.74 Å². The molecular formula is C16H24N2O. The standard InChI is InChI=1S/C16H24N2O/c1-2-17-15(14-6-3-4-10-18-14)13-7-11-19-16(12-13)8-5-9-16/h3-4,6,10,13,15,17H,2,5,7-9,11-12H2,1H3. The van der Waals surface area contributed by atoms with Gasteiger partial charge in [-0.15, -0.1) is 0 Å². The first-order valence-electron chi connectivity index (χ1n) is 7.61. The number of ether oxygens (including phenoxy) is 1. The quantitative estimate of drug-likeness (QED) is 0.903. The maximum Gasteiger partial charge on any atom is 0.0686 e. The lowest BCUT2D eigenvalue weighted by Crippen LogP contribution is -2.48. The third-order valence-corrected chi connectivity index (χ3v) is 4.70. The lowest BCUT2D eigenvalue weighted by molar-refractivity contribution is -0.147. The van der Waals surface area contributed by atoms with Crippen LogP contribution >= 0.6 is 0 Å². The summed E-state index contributed by atoms with van der Waals surface area (Å²) in [6.07, 6.45) is 8.09. The molecule has 1 aromatic heterocycles. The zero-order valence-electron chi connectivity index (χ0n) is 11.8. The second-order valence-corrected chi connectivity index (χ2v) is 5.93. The van der Waals surface area contributed by atoms with E-state index in [-0.39, 0.29) is 5.60 Å². The van der Waals surface area contributed by atoms with E-state index in [1.165, 1.54) is 31.4 Å². The van der Waals surface area contributed by atoms with Crippen molar-refractivity contribution in [2.45, 2.75) is 50.7 Å². The van der Waals surface area contributed by atoms with E-state index in [1.54, 1.807) is 0 Å². The van der Waals surface area contributed by atoms with Crippen LogP contribution in [-0.2, 0) is 4.74 Å². The van der Waals surface area contributed by atoms with Crippen LogP contribution in [0.5, 0.6) is 0 Å². The molecule has 1 N–H and O–H groups in total. The molecule has 1 aliphatic carbocycles. The highest BCUT2D eigenvalue weighted by Gasteiger charge is 2.44. The Kier molecular flexibility index (Phi) is 3.85. The lowest BCUT2D eigenvalue weighted by Gasteiger charge is -2.48. The zero-order valence-corrected chi connectivity index (χ0v) is 11.8. The molecule has 3 nitrogen and oxygen atoms in total. The van der Waals surface area contributed by atoms with Crippen molar-refractivity contribution < 1.29 is 4.74 Å². The summed E-state index contributed by atoms with van der Waals surface area (Å²) in [5, 5.41) is 3.64. The van der Waals surface area contributed by atoms with Crippen molar-refractivity contribution in [1.29, 1.82) is 0 Å². The molecule has 1 spiro atoms. The van der Waals surface area contributed by atoms with E-state index < -0.39 is 0 Å². The number of hydrogen-bond acceptors (Lipinski definition) is 3. The molecule has 0 bridgehead atoms. The Morgan fingerprint density at radius 2 is 2.37 bits per heavy atom.